The van der Waals surface area contributed by atoms with E-state index in [1.54, 1.807) is 0 Å². The van der Waals surface area contributed by atoms with E-state index in [4.69, 9.17) is 9.57 Å². The highest BCUT2D eigenvalue weighted by Crippen LogP contribution is 2.19. The third-order valence-corrected chi connectivity index (χ3v) is 3.38. The van der Waals surface area contributed by atoms with E-state index in [2.05, 4.69) is 12.1 Å². The Morgan fingerprint density at radius 3 is 2.59 bits per heavy atom. The zero-order valence-electron chi connectivity index (χ0n) is 13.9. The van der Waals surface area contributed by atoms with E-state index in [0.29, 0.717) is 5.56 Å². The van der Waals surface area contributed by atoms with Gasteiger partial charge in [-0.05, 0) is 44.9 Å². The van der Waals surface area contributed by atoms with Crippen LogP contribution in [0.2, 0.25) is 0 Å². The molecule has 1 aromatic carbocycles. The summed E-state index contributed by atoms with van der Waals surface area (Å²) in [7, 11) is 0. The van der Waals surface area contributed by atoms with Gasteiger partial charge in [0, 0.05) is 12.8 Å². The van der Waals surface area contributed by atoms with Crippen LogP contribution in [0.15, 0.2) is 29.4 Å². The largest absolute Gasteiger partial charge is 0.456 e. The summed E-state index contributed by atoms with van der Waals surface area (Å²) in [5.74, 6) is -0.287. The lowest BCUT2D eigenvalue weighted by Crippen LogP contribution is -2.23. The van der Waals surface area contributed by atoms with Gasteiger partial charge in [-0.1, -0.05) is 30.6 Å². The molecule has 2 rings (SSSR count). The minimum Gasteiger partial charge on any atom is -0.456 e. The fraction of sp³-hybridized carbons (Fsp3) is 0.556. The molecule has 22 heavy (non-hydrogen) atoms. The Bertz CT molecular complexity index is 540. The average Bonchev–Trinajstić information content (AvgIpc) is 2.85. The Balaban J connectivity index is 1.89. The van der Waals surface area contributed by atoms with Gasteiger partial charge in [0.25, 0.3) is 0 Å². The van der Waals surface area contributed by atoms with E-state index in [0.717, 1.165) is 37.0 Å². The van der Waals surface area contributed by atoms with Crippen molar-refractivity contribution in [3.05, 3.63) is 35.4 Å². The summed E-state index contributed by atoms with van der Waals surface area (Å²) in [6.45, 7) is 7.74. The fourth-order valence-electron chi connectivity index (χ4n) is 2.41. The maximum absolute atomic E-state index is 12.0. The van der Waals surface area contributed by atoms with Crippen molar-refractivity contribution >= 4 is 11.7 Å². The Kier molecular flexibility index (Phi) is 5.22. The highest BCUT2D eigenvalue weighted by atomic mass is 16.6. The van der Waals surface area contributed by atoms with E-state index in [1.807, 2.05) is 45.0 Å². The molecule has 4 heteroatoms. The molecule has 0 aliphatic carbocycles. The second kappa shape index (κ2) is 6.95. The molecule has 0 spiro atoms. The Morgan fingerprint density at radius 1 is 1.32 bits per heavy atom. The van der Waals surface area contributed by atoms with Crippen molar-refractivity contribution in [2.45, 2.75) is 65.1 Å². The number of benzene rings is 1. The van der Waals surface area contributed by atoms with Crippen LogP contribution < -0.4 is 0 Å². The summed E-state index contributed by atoms with van der Waals surface area (Å²) < 4.78 is 5.36. The number of carbonyl (C=O) groups is 1. The number of rotatable bonds is 5. The van der Waals surface area contributed by atoms with Crippen molar-refractivity contribution in [2.24, 2.45) is 5.16 Å². The monoisotopic (exact) mass is 303 g/mol. The molecule has 0 fully saturated rings. The summed E-state index contributed by atoms with van der Waals surface area (Å²) >= 11 is 0. The molecule has 0 bridgehead atoms. The SMILES string of the molecule is CCCC1=NOC(Cc2ccc(C(=O)OC(C)(C)C)cc2)C1. The van der Waals surface area contributed by atoms with Crippen LogP contribution in [0.5, 0.6) is 0 Å². The second-order valence-corrected chi connectivity index (χ2v) is 6.74. The average molecular weight is 303 g/mol. The molecule has 120 valence electrons. The first-order chi connectivity index (χ1) is 10.4. The Morgan fingerprint density at radius 2 is 2.00 bits per heavy atom. The number of ether oxygens (including phenoxy) is 1. The van der Waals surface area contributed by atoms with Crippen molar-refractivity contribution < 1.29 is 14.4 Å². The molecule has 0 radical (unpaired) electrons. The molecule has 0 aromatic heterocycles. The first-order valence-corrected chi connectivity index (χ1v) is 7.91. The minimum atomic E-state index is -0.472. The number of nitrogens with zero attached hydrogens (tertiary/aromatic N) is 1. The zero-order valence-corrected chi connectivity index (χ0v) is 13.9. The van der Waals surface area contributed by atoms with Crippen molar-refractivity contribution in [1.82, 2.24) is 0 Å². The van der Waals surface area contributed by atoms with Crippen LogP contribution in [0.25, 0.3) is 0 Å². The lowest BCUT2D eigenvalue weighted by atomic mass is 10.0. The standard InChI is InChI=1S/C18H25NO3/c1-5-6-15-12-16(22-19-15)11-13-7-9-14(10-8-13)17(20)21-18(2,3)4/h7-10,16H,5-6,11-12H2,1-4H3. The van der Waals surface area contributed by atoms with Gasteiger partial charge in [-0.25, -0.2) is 4.79 Å². The smallest absolute Gasteiger partial charge is 0.338 e. The summed E-state index contributed by atoms with van der Waals surface area (Å²) in [6.07, 6.45) is 3.94. The van der Waals surface area contributed by atoms with Crippen molar-refractivity contribution in [3.63, 3.8) is 0 Å². The molecule has 1 aliphatic heterocycles. The molecule has 0 saturated heterocycles. The molecule has 1 atom stereocenters. The van der Waals surface area contributed by atoms with E-state index in [9.17, 15) is 4.79 Å². The van der Waals surface area contributed by atoms with Gasteiger partial charge in [0.15, 0.2) is 0 Å². The van der Waals surface area contributed by atoms with E-state index in [1.165, 1.54) is 0 Å². The summed E-state index contributed by atoms with van der Waals surface area (Å²) in [6, 6.07) is 7.54. The lowest BCUT2D eigenvalue weighted by Gasteiger charge is -2.19. The van der Waals surface area contributed by atoms with Gasteiger partial charge in [0.05, 0.1) is 11.3 Å². The first kappa shape index (κ1) is 16.5. The van der Waals surface area contributed by atoms with E-state index < -0.39 is 5.60 Å². The second-order valence-electron chi connectivity index (χ2n) is 6.74. The fourth-order valence-corrected chi connectivity index (χ4v) is 2.41. The van der Waals surface area contributed by atoms with Gasteiger partial charge in [0.2, 0.25) is 0 Å². The lowest BCUT2D eigenvalue weighted by molar-refractivity contribution is 0.00695. The Labute approximate surface area is 132 Å². The zero-order chi connectivity index (χ0) is 16.2. The number of carbonyl (C=O) groups excluding carboxylic acids is 1. The number of oxime groups is 1. The summed E-state index contributed by atoms with van der Waals surface area (Å²) in [5.41, 5.74) is 2.40. The minimum absolute atomic E-state index is 0.119. The van der Waals surface area contributed by atoms with Crippen LogP contribution in [0.4, 0.5) is 0 Å². The topological polar surface area (TPSA) is 47.9 Å². The van der Waals surface area contributed by atoms with Crippen LogP contribution in [-0.4, -0.2) is 23.4 Å². The molecule has 1 aromatic rings. The molecule has 4 nitrogen and oxygen atoms in total. The number of esters is 1. The van der Waals surface area contributed by atoms with Crippen LogP contribution in [-0.2, 0) is 16.0 Å². The van der Waals surface area contributed by atoms with Crippen molar-refractivity contribution in [1.29, 1.82) is 0 Å². The van der Waals surface area contributed by atoms with Crippen LogP contribution in [0.3, 0.4) is 0 Å². The predicted octanol–water partition coefficient (Wildman–Crippen LogP) is 4.13. The van der Waals surface area contributed by atoms with Gasteiger partial charge >= 0.3 is 5.97 Å². The van der Waals surface area contributed by atoms with Crippen LogP contribution >= 0.6 is 0 Å². The van der Waals surface area contributed by atoms with Gasteiger partial charge in [-0.3, -0.25) is 0 Å². The van der Waals surface area contributed by atoms with E-state index in [-0.39, 0.29) is 12.1 Å². The molecule has 1 unspecified atom stereocenters. The maximum Gasteiger partial charge on any atom is 0.338 e. The third kappa shape index (κ3) is 4.86. The molecular weight excluding hydrogens is 278 g/mol. The van der Waals surface area contributed by atoms with Crippen molar-refractivity contribution in [2.75, 3.05) is 0 Å². The van der Waals surface area contributed by atoms with Gasteiger partial charge in [-0.15, -0.1) is 0 Å². The molecule has 1 aliphatic rings. The molecule has 0 N–H and O–H groups in total. The first-order valence-electron chi connectivity index (χ1n) is 7.91. The highest BCUT2D eigenvalue weighted by Gasteiger charge is 2.21. The highest BCUT2D eigenvalue weighted by molar-refractivity contribution is 5.89. The molecule has 1 heterocycles. The number of hydrogen-bond acceptors (Lipinski definition) is 4. The molecular formula is C18H25NO3. The van der Waals surface area contributed by atoms with Crippen LogP contribution in [0, 0.1) is 0 Å². The summed E-state index contributed by atoms with van der Waals surface area (Å²) in [5, 5.41) is 4.13. The van der Waals surface area contributed by atoms with Gasteiger partial charge in [0.1, 0.15) is 11.7 Å². The normalized spacial score (nSPS) is 17.8. The maximum atomic E-state index is 12.0. The summed E-state index contributed by atoms with van der Waals surface area (Å²) in [4.78, 5) is 17.4. The number of hydrogen-bond donors (Lipinski definition) is 0. The molecule has 0 saturated carbocycles. The van der Waals surface area contributed by atoms with E-state index >= 15 is 0 Å². The predicted molar refractivity (Wildman–Crippen MR) is 87.1 cm³/mol. The van der Waals surface area contributed by atoms with Gasteiger partial charge < -0.3 is 9.57 Å². The van der Waals surface area contributed by atoms with Crippen LogP contribution in [0.1, 0.15) is 62.9 Å². The quantitative estimate of drug-likeness (QED) is 0.768. The van der Waals surface area contributed by atoms with Crippen molar-refractivity contribution in [3.8, 4) is 0 Å². The van der Waals surface area contributed by atoms with Gasteiger partial charge in [-0.2, -0.15) is 0 Å². The Hall–Kier alpha value is -1.84. The molecule has 0 amide bonds. The third-order valence-electron chi connectivity index (χ3n) is 3.38.